The standard InChI is InChI=1S/C22H23ClF2N8/c23-19-9-16(10-26-29-19)31-11-13-2-3-14(12-31)20(13)27-21-28-22-32(6-1-7-33(22)30-21)15-4-5-17(24)18(25)8-15/h4-5,8-10,13-14,20H,1-3,6-7,11-12H2,(H,27,30)/t13-,14+,20+. The molecule has 1 aliphatic carbocycles. The van der Waals surface area contributed by atoms with Crippen LogP contribution in [0.2, 0.25) is 5.15 Å². The molecule has 3 aromatic rings. The van der Waals surface area contributed by atoms with Gasteiger partial charge in [0.25, 0.3) is 0 Å². The van der Waals surface area contributed by atoms with Gasteiger partial charge in [0.05, 0.1) is 11.9 Å². The second-order valence-electron chi connectivity index (χ2n) is 8.97. The molecule has 6 rings (SSSR count). The molecule has 1 N–H and O–H groups in total. The van der Waals surface area contributed by atoms with E-state index < -0.39 is 11.6 Å². The van der Waals surface area contributed by atoms with E-state index in [1.54, 1.807) is 12.3 Å². The summed E-state index contributed by atoms with van der Waals surface area (Å²) in [6, 6.07) is 6.08. The summed E-state index contributed by atoms with van der Waals surface area (Å²) in [4.78, 5) is 8.96. The zero-order chi connectivity index (χ0) is 22.5. The minimum absolute atomic E-state index is 0.285. The van der Waals surface area contributed by atoms with Crippen molar-refractivity contribution in [1.29, 1.82) is 0 Å². The second kappa shape index (κ2) is 8.09. The first-order valence-electron chi connectivity index (χ1n) is 11.2. The monoisotopic (exact) mass is 472 g/mol. The van der Waals surface area contributed by atoms with Crippen molar-refractivity contribution in [3.63, 3.8) is 0 Å². The van der Waals surface area contributed by atoms with Crippen LogP contribution in [0.5, 0.6) is 0 Å². The summed E-state index contributed by atoms with van der Waals surface area (Å²) in [5.41, 5.74) is 1.58. The molecular weight excluding hydrogens is 450 g/mol. The van der Waals surface area contributed by atoms with Gasteiger partial charge in [-0.25, -0.2) is 13.5 Å². The van der Waals surface area contributed by atoms with Gasteiger partial charge in [-0.1, -0.05) is 11.6 Å². The Balaban J connectivity index is 1.21. The Morgan fingerprint density at radius 2 is 1.82 bits per heavy atom. The van der Waals surface area contributed by atoms with Gasteiger partial charge in [-0.2, -0.15) is 10.1 Å². The molecule has 172 valence electrons. The molecule has 2 aromatic heterocycles. The lowest BCUT2D eigenvalue weighted by Gasteiger charge is -2.39. The first-order chi connectivity index (χ1) is 16.0. The van der Waals surface area contributed by atoms with E-state index in [0.717, 1.165) is 50.7 Å². The van der Waals surface area contributed by atoms with Gasteiger partial charge in [-0.3, -0.25) is 0 Å². The first-order valence-corrected chi connectivity index (χ1v) is 11.6. The SMILES string of the molecule is Fc1ccc(N2CCCn3nc(N[C@H]4[C@@H]5CC[C@H]4CN(c4cnnc(Cl)c4)C5)nc32)cc1F. The van der Waals surface area contributed by atoms with E-state index in [1.807, 2.05) is 15.6 Å². The number of benzene rings is 1. The molecule has 3 aliphatic rings. The molecular formula is C22H23ClF2N8. The summed E-state index contributed by atoms with van der Waals surface area (Å²) in [5, 5.41) is 16.5. The van der Waals surface area contributed by atoms with Gasteiger partial charge in [0.2, 0.25) is 11.9 Å². The van der Waals surface area contributed by atoms with Crippen LogP contribution in [0.15, 0.2) is 30.5 Å². The quantitative estimate of drug-likeness (QED) is 0.617. The minimum Gasteiger partial charge on any atom is -0.369 e. The van der Waals surface area contributed by atoms with Crippen molar-refractivity contribution in [3.8, 4) is 0 Å². The lowest BCUT2D eigenvalue weighted by Crippen LogP contribution is -2.48. The average Bonchev–Trinajstić information content (AvgIpc) is 3.31. The Bertz CT molecular complexity index is 1170. The molecule has 1 saturated carbocycles. The number of nitrogens with zero attached hydrogens (tertiary/aromatic N) is 7. The van der Waals surface area contributed by atoms with Gasteiger partial charge in [-0.15, -0.1) is 10.2 Å². The highest BCUT2D eigenvalue weighted by molar-refractivity contribution is 6.29. The molecule has 33 heavy (non-hydrogen) atoms. The number of aryl methyl sites for hydroxylation is 1. The number of aromatic nitrogens is 5. The van der Waals surface area contributed by atoms with E-state index in [2.05, 4.69) is 25.5 Å². The molecule has 0 radical (unpaired) electrons. The van der Waals surface area contributed by atoms with Crippen LogP contribution in [0, 0.1) is 23.5 Å². The third-order valence-electron chi connectivity index (χ3n) is 6.97. The zero-order valence-corrected chi connectivity index (χ0v) is 18.6. The summed E-state index contributed by atoms with van der Waals surface area (Å²) in [6.07, 6.45) is 4.89. The second-order valence-corrected chi connectivity index (χ2v) is 9.36. The topological polar surface area (TPSA) is 75.0 Å². The van der Waals surface area contributed by atoms with Crippen molar-refractivity contribution in [3.05, 3.63) is 47.2 Å². The maximum absolute atomic E-state index is 13.8. The first kappa shape index (κ1) is 20.6. The molecule has 3 atom stereocenters. The van der Waals surface area contributed by atoms with E-state index in [4.69, 9.17) is 16.6 Å². The van der Waals surface area contributed by atoms with Gasteiger partial charge in [-0.05, 0) is 43.2 Å². The molecule has 1 saturated heterocycles. The normalized spacial score (nSPS) is 24.2. The summed E-state index contributed by atoms with van der Waals surface area (Å²) in [5.74, 6) is 0.431. The molecule has 1 aromatic carbocycles. The van der Waals surface area contributed by atoms with Gasteiger partial charge in [0.15, 0.2) is 16.8 Å². The minimum atomic E-state index is -0.864. The van der Waals surface area contributed by atoms with Gasteiger partial charge < -0.3 is 15.1 Å². The Morgan fingerprint density at radius 3 is 2.58 bits per heavy atom. The number of rotatable bonds is 4. The lowest BCUT2D eigenvalue weighted by atomic mass is 9.92. The highest BCUT2D eigenvalue weighted by Crippen LogP contribution is 2.40. The fourth-order valence-corrected chi connectivity index (χ4v) is 5.60. The predicted octanol–water partition coefficient (Wildman–Crippen LogP) is 3.87. The molecule has 11 heteroatoms. The number of anilines is 4. The Hall–Kier alpha value is -3.01. The summed E-state index contributed by atoms with van der Waals surface area (Å²) in [7, 11) is 0. The Labute approximate surface area is 194 Å². The molecule has 4 heterocycles. The number of nitrogens with one attached hydrogen (secondary N) is 1. The Morgan fingerprint density at radius 1 is 1.00 bits per heavy atom. The van der Waals surface area contributed by atoms with Crippen molar-refractivity contribution in [2.24, 2.45) is 11.8 Å². The van der Waals surface area contributed by atoms with Crippen LogP contribution < -0.4 is 15.1 Å². The highest BCUT2D eigenvalue weighted by atomic mass is 35.5. The summed E-state index contributed by atoms with van der Waals surface area (Å²) in [6.45, 7) is 3.23. The maximum atomic E-state index is 13.8. The smallest absolute Gasteiger partial charge is 0.244 e. The van der Waals surface area contributed by atoms with Crippen LogP contribution in [-0.4, -0.2) is 50.6 Å². The molecule has 2 bridgehead atoms. The largest absolute Gasteiger partial charge is 0.369 e. The number of piperidine rings is 1. The number of halogens is 3. The third-order valence-corrected chi connectivity index (χ3v) is 7.15. The van der Waals surface area contributed by atoms with E-state index in [1.165, 1.54) is 6.07 Å². The van der Waals surface area contributed by atoms with E-state index in [9.17, 15) is 8.78 Å². The average molecular weight is 473 g/mol. The van der Waals surface area contributed by atoms with Crippen LogP contribution >= 0.6 is 11.6 Å². The third kappa shape index (κ3) is 3.76. The molecule has 0 spiro atoms. The van der Waals surface area contributed by atoms with Crippen LogP contribution in [-0.2, 0) is 6.54 Å². The molecule has 2 aliphatic heterocycles. The number of fused-ring (bicyclic) bond motifs is 3. The number of hydrogen-bond acceptors (Lipinski definition) is 7. The van der Waals surface area contributed by atoms with E-state index in [0.29, 0.717) is 41.1 Å². The van der Waals surface area contributed by atoms with Gasteiger partial charge in [0.1, 0.15) is 0 Å². The molecule has 0 amide bonds. The van der Waals surface area contributed by atoms with Crippen LogP contribution in [0.3, 0.4) is 0 Å². The van der Waals surface area contributed by atoms with Crippen molar-refractivity contribution >= 4 is 34.9 Å². The maximum Gasteiger partial charge on any atom is 0.244 e. The van der Waals surface area contributed by atoms with Crippen molar-refractivity contribution in [1.82, 2.24) is 25.0 Å². The lowest BCUT2D eigenvalue weighted by molar-refractivity contribution is 0.376. The van der Waals surface area contributed by atoms with Crippen molar-refractivity contribution < 1.29 is 8.78 Å². The molecule has 8 nitrogen and oxygen atoms in total. The van der Waals surface area contributed by atoms with Crippen molar-refractivity contribution in [2.45, 2.75) is 31.8 Å². The highest BCUT2D eigenvalue weighted by Gasteiger charge is 2.43. The van der Waals surface area contributed by atoms with Crippen molar-refractivity contribution in [2.75, 3.05) is 34.8 Å². The number of hydrogen-bond donors (Lipinski definition) is 1. The fourth-order valence-electron chi connectivity index (χ4n) is 5.44. The van der Waals surface area contributed by atoms with Crippen LogP contribution in [0.4, 0.5) is 32.1 Å². The predicted molar refractivity (Wildman–Crippen MR) is 121 cm³/mol. The van der Waals surface area contributed by atoms with Gasteiger partial charge >= 0.3 is 0 Å². The molecule has 2 fully saturated rings. The van der Waals surface area contributed by atoms with E-state index in [-0.39, 0.29) is 6.04 Å². The Kier molecular flexibility index (Phi) is 5.05. The van der Waals surface area contributed by atoms with Crippen LogP contribution in [0.25, 0.3) is 0 Å². The molecule has 0 unspecified atom stereocenters. The summed E-state index contributed by atoms with van der Waals surface area (Å²) >= 11 is 6.04. The zero-order valence-electron chi connectivity index (χ0n) is 17.8. The van der Waals surface area contributed by atoms with E-state index >= 15 is 0 Å². The summed E-state index contributed by atoms with van der Waals surface area (Å²) < 4.78 is 29.1. The van der Waals surface area contributed by atoms with Gasteiger partial charge in [0, 0.05) is 50.0 Å². The fraction of sp³-hybridized carbons (Fsp3) is 0.455. The van der Waals surface area contributed by atoms with Crippen LogP contribution in [0.1, 0.15) is 19.3 Å².